The van der Waals surface area contributed by atoms with Crippen LogP contribution in [-0.2, 0) is 6.54 Å². The van der Waals surface area contributed by atoms with E-state index < -0.39 is 0 Å². The van der Waals surface area contributed by atoms with Crippen molar-refractivity contribution in [2.24, 2.45) is 11.8 Å². The molecule has 3 nitrogen and oxygen atoms in total. The van der Waals surface area contributed by atoms with E-state index >= 15 is 0 Å². The van der Waals surface area contributed by atoms with Crippen LogP contribution in [0.25, 0.3) is 0 Å². The Bertz CT molecular complexity index is 449. The van der Waals surface area contributed by atoms with Gasteiger partial charge in [0.2, 0.25) is 0 Å². The van der Waals surface area contributed by atoms with Gasteiger partial charge in [0.25, 0.3) is 0 Å². The van der Waals surface area contributed by atoms with Crippen LogP contribution in [0.1, 0.15) is 38.4 Å². The molecular weight excluding hydrogens is 222 g/mol. The SMILES string of the molecule is CC1CC(C)C(C)N(Cc2cccnc2C#N)C1. The molecule has 2 rings (SSSR count). The second-order valence-electron chi connectivity index (χ2n) is 5.61. The zero-order valence-corrected chi connectivity index (χ0v) is 11.4. The van der Waals surface area contributed by atoms with Crippen molar-refractivity contribution in [1.82, 2.24) is 9.88 Å². The molecule has 0 radical (unpaired) electrons. The van der Waals surface area contributed by atoms with Crippen molar-refractivity contribution in [2.75, 3.05) is 6.54 Å². The number of likely N-dealkylation sites (tertiary alicyclic amines) is 1. The number of aromatic nitrogens is 1. The number of piperidine rings is 1. The second-order valence-corrected chi connectivity index (χ2v) is 5.61. The summed E-state index contributed by atoms with van der Waals surface area (Å²) in [7, 11) is 0. The Morgan fingerprint density at radius 2 is 2.22 bits per heavy atom. The average molecular weight is 243 g/mol. The molecule has 0 aromatic carbocycles. The van der Waals surface area contributed by atoms with Gasteiger partial charge >= 0.3 is 0 Å². The molecular formula is C15H21N3. The quantitative estimate of drug-likeness (QED) is 0.802. The molecule has 0 amide bonds. The fourth-order valence-corrected chi connectivity index (χ4v) is 2.93. The lowest BCUT2D eigenvalue weighted by atomic mass is 9.85. The number of hydrogen-bond donors (Lipinski definition) is 0. The predicted octanol–water partition coefficient (Wildman–Crippen LogP) is 2.82. The molecule has 2 heterocycles. The van der Waals surface area contributed by atoms with E-state index in [9.17, 15) is 0 Å². The smallest absolute Gasteiger partial charge is 0.144 e. The summed E-state index contributed by atoms with van der Waals surface area (Å²) in [6.45, 7) is 8.88. The zero-order valence-electron chi connectivity index (χ0n) is 11.4. The van der Waals surface area contributed by atoms with E-state index in [2.05, 4.69) is 36.7 Å². The van der Waals surface area contributed by atoms with Crippen LogP contribution >= 0.6 is 0 Å². The highest BCUT2D eigenvalue weighted by atomic mass is 15.2. The summed E-state index contributed by atoms with van der Waals surface area (Å²) in [5.41, 5.74) is 1.61. The Hall–Kier alpha value is -1.40. The van der Waals surface area contributed by atoms with Crippen molar-refractivity contribution in [2.45, 2.75) is 39.8 Å². The second kappa shape index (κ2) is 5.49. The fraction of sp³-hybridized carbons (Fsp3) is 0.600. The maximum Gasteiger partial charge on any atom is 0.144 e. The molecule has 0 bridgehead atoms. The van der Waals surface area contributed by atoms with Crippen molar-refractivity contribution >= 4 is 0 Å². The normalized spacial score (nSPS) is 28.9. The Kier molecular flexibility index (Phi) is 3.98. The van der Waals surface area contributed by atoms with E-state index in [1.807, 2.05) is 12.1 Å². The number of hydrogen-bond acceptors (Lipinski definition) is 3. The Morgan fingerprint density at radius 3 is 2.94 bits per heavy atom. The molecule has 0 spiro atoms. The molecule has 1 aliphatic heterocycles. The van der Waals surface area contributed by atoms with E-state index in [1.165, 1.54) is 6.42 Å². The third-order valence-electron chi connectivity index (χ3n) is 4.09. The van der Waals surface area contributed by atoms with Crippen molar-refractivity contribution < 1.29 is 0 Å². The molecule has 1 fully saturated rings. The van der Waals surface area contributed by atoms with E-state index in [1.54, 1.807) is 6.20 Å². The van der Waals surface area contributed by atoms with Crippen LogP contribution in [-0.4, -0.2) is 22.5 Å². The molecule has 1 aliphatic rings. The van der Waals surface area contributed by atoms with Crippen LogP contribution in [0.3, 0.4) is 0 Å². The van der Waals surface area contributed by atoms with E-state index in [0.717, 1.165) is 30.5 Å². The first-order valence-corrected chi connectivity index (χ1v) is 6.70. The van der Waals surface area contributed by atoms with E-state index in [-0.39, 0.29) is 0 Å². The van der Waals surface area contributed by atoms with Gasteiger partial charge in [-0.05, 0) is 31.2 Å². The molecule has 96 valence electrons. The van der Waals surface area contributed by atoms with Gasteiger partial charge in [0.15, 0.2) is 0 Å². The van der Waals surface area contributed by atoms with Crippen molar-refractivity contribution in [1.29, 1.82) is 5.26 Å². The third-order valence-corrected chi connectivity index (χ3v) is 4.09. The number of pyridine rings is 1. The van der Waals surface area contributed by atoms with Crippen LogP contribution < -0.4 is 0 Å². The average Bonchev–Trinajstić information content (AvgIpc) is 2.36. The first kappa shape index (κ1) is 13.0. The first-order valence-electron chi connectivity index (χ1n) is 6.70. The Labute approximate surface area is 109 Å². The lowest BCUT2D eigenvalue weighted by Gasteiger charge is -2.41. The van der Waals surface area contributed by atoms with Gasteiger partial charge in [0.05, 0.1) is 0 Å². The monoisotopic (exact) mass is 243 g/mol. The highest BCUT2D eigenvalue weighted by molar-refractivity contribution is 5.30. The summed E-state index contributed by atoms with van der Waals surface area (Å²) in [6.07, 6.45) is 2.99. The highest BCUT2D eigenvalue weighted by Crippen LogP contribution is 2.28. The topological polar surface area (TPSA) is 39.9 Å². The van der Waals surface area contributed by atoms with Crippen LogP contribution in [0.5, 0.6) is 0 Å². The predicted molar refractivity (Wildman–Crippen MR) is 71.8 cm³/mol. The fourth-order valence-electron chi connectivity index (χ4n) is 2.93. The molecule has 1 aromatic heterocycles. The molecule has 0 aliphatic carbocycles. The number of nitrogens with zero attached hydrogens (tertiary/aromatic N) is 3. The van der Waals surface area contributed by atoms with Crippen LogP contribution in [0.2, 0.25) is 0 Å². The first-order chi connectivity index (χ1) is 8.61. The summed E-state index contributed by atoms with van der Waals surface area (Å²) in [6, 6.07) is 6.69. The minimum Gasteiger partial charge on any atom is -0.296 e. The summed E-state index contributed by atoms with van der Waals surface area (Å²) in [5.74, 6) is 1.45. The molecule has 0 saturated carbocycles. The summed E-state index contributed by atoms with van der Waals surface area (Å²) in [5, 5.41) is 9.09. The van der Waals surface area contributed by atoms with Crippen molar-refractivity contribution in [3.63, 3.8) is 0 Å². The van der Waals surface area contributed by atoms with Gasteiger partial charge in [-0.25, -0.2) is 4.98 Å². The van der Waals surface area contributed by atoms with Crippen LogP contribution in [0.15, 0.2) is 18.3 Å². The van der Waals surface area contributed by atoms with E-state index in [4.69, 9.17) is 5.26 Å². The van der Waals surface area contributed by atoms with Crippen molar-refractivity contribution in [3.05, 3.63) is 29.6 Å². The van der Waals surface area contributed by atoms with Gasteiger partial charge in [0.1, 0.15) is 11.8 Å². The van der Waals surface area contributed by atoms with Gasteiger partial charge in [-0.2, -0.15) is 5.26 Å². The molecule has 1 saturated heterocycles. The van der Waals surface area contributed by atoms with E-state index in [0.29, 0.717) is 11.7 Å². The summed E-state index contributed by atoms with van der Waals surface area (Å²) < 4.78 is 0. The van der Waals surface area contributed by atoms with Gasteiger partial charge in [0, 0.05) is 30.9 Å². The summed E-state index contributed by atoms with van der Waals surface area (Å²) >= 11 is 0. The molecule has 1 aromatic rings. The minimum absolute atomic E-state index is 0.565. The standard InChI is InChI=1S/C15H21N3/c1-11-7-12(2)13(3)18(9-11)10-14-5-4-6-17-15(14)8-16/h4-6,11-13H,7,9-10H2,1-3H3. The minimum atomic E-state index is 0.565. The molecule has 3 atom stereocenters. The van der Waals surface area contributed by atoms with Gasteiger partial charge in [-0.3, -0.25) is 4.90 Å². The molecule has 3 unspecified atom stereocenters. The molecule has 0 N–H and O–H groups in total. The lowest BCUT2D eigenvalue weighted by Crippen LogP contribution is -2.45. The Balaban J connectivity index is 2.15. The Morgan fingerprint density at radius 1 is 1.44 bits per heavy atom. The largest absolute Gasteiger partial charge is 0.296 e. The van der Waals surface area contributed by atoms with Gasteiger partial charge in [-0.1, -0.05) is 19.9 Å². The highest BCUT2D eigenvalue weighted by Gasteiger charge is 2.28. The van der Waals surface area contributed by atoms with Gasteiger partial charge in [-0.15, -0.1) is 0 Å². The zero-order chi connectivity index (χ0) is 13.1. The summed E-state index contributed by atoms with van der Waals surface area (Å²) in [4.78, 5) is 6.62. The number of rotatable bonds is 2. The maximum absolute atomic E-state index is 9.09. The van der Waals surface area contributed by atoms with Gasteiger partial charge < -0.3 is 0 Å². The maximum atomic E-state index is 9.09. The van der Waals surface area contributed by atoms with Crippen molar-refractivity contribution in [3.8, 4) is 6.07 Å². The third kappa shape index (κ3) is 2.70. The van der Waals surface area contributed by atoms with Crippen LogP contribution in [0, 0.1) is 23.2 Å². The molecule has 3 heteroatoms. The number of nitriles is 1. The van der Waals surface area contributed by atoms with Crippen LogP contribution in [0.4, 0.5) is 0 Å². The lowest BCUT2D eigenvalue weighted by molar-refractivity contribution is 0.0728. The molecule has 18 heavy (non-hydrogen) atoms.